The maximum atomic E-state index is 7.00. The predicted molar refractivity (Wildman–Crippen MR) is 143 cm³/mol. The molecule has 2 saturated heterocycles. The van der Waals surface area contributed by atoms with Gasteiger partial charge < -0.3 is 24.2 Å². The van der Waals surface area contributed by atoms with Gasteiger partial charge in [0.05, 0.1) is 26.4 Å². The van der Waals surface area contributed by atoms with Crippen LogP contribution in [-0.2, 0) is 4.74 Å². The lowest BCUT2D eigenvalue weighted by Crippen LogP contribution is -2.37. The summed E-state index contributed by atoms with van der Waals surface area (Å²) in [6.45, 7) is 14.3. The third kappa shape index (κ3) is 8.21. The normalized spacial score (nSPS) is 16.6. The molecule has 194 valence electrons. The molecule has 2 heterocycles. The Morgan fingerprint density at radius 2 is 1.17 bits per heavy atom. The second-order valence-corrected chi connectivity index (χ2v) is 9.26. The van der Waals surface area contributed by atoms with E-state index in [1.54, 1.807) is 0 Å². The van der Waals surface area contributed by atoms with E-state index in [1.807, 2.05) is 0 Å². The van der Waals surface area contributed by atoms with Crippen LogP contribution >= 0.6 is 0 Å². The molecule has 2 aromatic carbocycles. The lowest BCUT2D eigenvalue weighted by Gasteiger charge is -2.26. The Morgan fingerprint density at radius 3 is 1.66 bits per heavy atom. The van der Waals surface area contributed by atoms with Crippen molar-refractivity contribution in [1.29, 1.82) is 0 Å². The van der Waals surface area contributed by atoms with E-state index >= 15 is 0 Å². The Balaban J connectivity index is 0.00000167. The number of morpholine rings is 1. The van der Waals surface area contributed by atoms with Crippen LogP contribution in [0.5, 0.6) is 11.5 Å². The Hall–Kier alpha value is -2.12. The highest BCUT2D eigenvalue weighted by molar-refractivity contribution is 5.74. The molecule has 2 fully saturated rings. The lowest BCUT2D eigenvalue weighted by molar-refractivity contribution is 0.0358. The van der Waals surface area contributed by atoms with Gasteiger partial charge in [0.2, 0.25) is 0 Å². The van der Waals surface area contributed by atoms with E-state index in [0.29, 0.717) is 0 Å². The highest BCUT2D eigenvalue weighted by Gasteiger charge is 2.14. The third-order valence-corrected chi connectivity index (χ3v) is 6.91. The molecule has 0 amide bonds. The fourth-order valence-electron chi connectivity index (χ4n) is 4.90. The van der Waals surface area contributed by atoms with Gasteiger partial charge >= 0.3 is 0 Å². The van der Waals surface area contributed by atoms with Gasteiger partial charge in [-0.2, -0.15) is 0 Å². The van der Waals surface area contributed by atoms with Crippen LogP contribution < -0.4 is 9.47 Å². The molecular weight excluding hydrogens is 440 g/mol. The molecular formula is C29H44N2O4. The molecule has 6 heteroatoms. The lowest BCUT2D eigenvalue weighted by atomic mass is 9.95. The maximum absolute atomic E-state index is 7.00. The van der Waals surface area contributed by atoms with Crippen molar-refractivity contribution in [2.75, 3.05) is 72.8 Å². The first kappa shape index (κ1) is 27.5. The second-order valence-electron chi connectivity index (χ2n) is 9.26. The van der Waals surface area contributed by atoms with Crippen molar-refractivity contribution in [1.82, 2.24) is 9.80 Å². The molecule has 35 heavy (non-hydrogen) atoms. The summed E-state index contributed by atoms with van der Waals surface area (Å²) in [5.41, 5.74) is 4.84. The Kier molecular flexibility index (Phi) is 11.8. The summed E-state index contributed by atoms with van der Waals surface area (Å²) in [7, 11) is 1.00. The van der Waals surface area contributed by atoms with E-state index < -0.39 is 0 Å². The SMILES string of the molecule is CO.Cc1c(OCCCN2CCCC2)cccc1-c1cccc(OCCCN2CCOCC2)c1C. The first-order valence-electron chi connectivity index (χ1n) is 13.1. The van der Waals surface area contributed by atoms with Crippen molar-refractivity contribution in [3.05, 3.63) is 47.5 Å². The summed E-state index contributed by atoms with van der Waals surface area (Å²) < 4.78 is 17.8. The standard InChI is InChI=1S/C28H40N2O3.CH4O/c1-23-25(9-5-11-27(23)32-19-7-15-29-13-3-4-14-29)26-10-6-12-28(24(26)2)33-20-8-16-30-17-21-31-22-18-30;1-2/h5-6,9-12H,3-4,7-8,13-22H2,1-2H3;2H,1H3. The molecule has 0 spiro atoms. The largest absolute Gasteiger partial charge is 0.493 e. The number of ether oxygens (including phenoxy) is 3. The van der Waals surface area contributed by atoms with Gasteiger partial charge in [0.15, 0.2) is 0 Å². The second kappa shape index (κ2) is 15.1. The Labute approximate surface area is 211 Å². The van der Waals surface area contributed by atoms with Crippen molar-refractivity contribution < 1.29 is 19.3 Å². The van der Waals surface area contributed by atoms with E-state index in [0.717, 1.165) is 84.1 Å². The molecule has 2 aromatic rings. The summed E-state index contributed by atoms with van der Waals surface area (Å²) in [6, 6.07) is 12.8. The van der Waals surface area contributed by atoms with Crippen LogP contribution in [0.4, 0.5) is 0 Å². The van der Waals surface area contributed by atoms with Crippen molar-refractivity contribution in [3.63, 3.8) is 0 Å². The minimum atomic E-state index is 0.737. The van der Waals surface area contributed by atoms with Gasteiger partial charge in [-0.3, -0.25) is 4.90 Å². The first-order valence-corrected chi connectivity index (χ1v) is 13.1. The number of aliphatic hydroxyl groups is 1. The van der Waals surface area contributed by atoms with Crippen LogP contribution in [0.1, 0.15) is 36.8 Å². The van der Waals surface area contributed by atoms with Crippen molar-refractivity contribution in [2.24, 2.45) is 0 Å². The van der Waals surface area contributed by atoms with Gasteiger partial charge in [0.25, 0.3) is 0 Å². The van der Waals surface area contributed by atoms with Gasteiger partial charge in [-0.15, -0.1) is 0 Å². The van der Waals surface area contributed by atoms with Gasteiger partial charge in [0.1, 0.15) is 11.5 Å². The molecule has 0 unspecified atom stereocenters. The molecule has 0 aliphatic carbocycles. The summed E-state index contributed by atoms with van der Waals surface area (Å²) in [5.74, 6) is 1.97. The fourth-order valence-corrected chi connectivity index (χ4v) is 4.90. The number of hydrogen-bond donors (Lipinski definition) is 1. The zero-order valence-corrected chi connectivity index (χ0v) is 21.9. The van der Waals surface area contributed by atoms with Crippen LogP contribution in [0, 0.1) is 13.8 Å². The van der Waals surface area contributed by atoms with Gasteiger partial charge in [-0.25, -0.2) is 0 Å². The number of likely N-dealkylation sites (tertiary alicyclic amines) is 1. The van der Waals surface area contributed by atoms with Crippen LogP contribution in [0.15, 0.2) is 36.4 Å². The van der Waals surface area contributed by atoms with Crippen molar-refractivity contribution in [2.45, 2.75) is 39.5 Å². The van der Waals surface area contributed by atoms with E-state index in [2.05, 4.69) is 60.0 Å². The molecule has 6 nitrogen and oxygen atoms in total. The molecule has 2 aliphatic rings. The zero-order valence-electron chi connectivity index (χ0n) is 21.9. The van der Waals surface area contributed by atoms with E-state index in [1.165, 1.54) is 48.2 Å². The minimum Gasteiger partial charge on any atom is -0.493 e. The fraction of sp³-hybridized carbons (Fsp3) is 0.586. The van der Waals surface area contributed by atoms with E-state index in [9.17, 15) is 0 Å². The monoisotopic (exact) mass is 484 g/mol. The predicted octanol–water partition coefficient (Wildman–Crippen LogP) is 4.54. The molecule has 4 rings (SSSR count). The quantitative estimate of drug-likeness (QED) is 0.473. The van der Waals surface area contributed by atoms with E-state index in [-0.39, 0.29) is 0 Å². The van der Waals surface area contributed by atoms with Crippen LogP contribution in [0.25, 0.3) is 11.1 Å². The number of aliphatic hydroxyl groups excluding tert-OH is 1. The van der Waals surface area contributed by atoms with Gasteiger partial charge in [0, 0.05) is 33.3 Å². The van der Waals surface area contributed by atoms with Crippen molar-refractivity contribution in [3.8, 4) is 22.6 Å². The third-order valence-electron chi connectivity index (χ3n) is 6.91. The Bertz CT molecular complexity index is 877. The maximum Gasteiger partial charge on any atom is 0.122 e. The number of nitrogens with zero attached hydrogens (tertiary/aromatic N) is 2. The zero-order chi connectivity index (χ0) is 24.9. The summed E-state index contributed by atoms with van der Waals surface area (Å²) >= 11 is 0. The van der Waals surface area contributed by atoms with Crippen molar-refractivity contribution >= 4 is 0 Å². The van der Waals surface area contributed by atoms with Gasteiger partial charge in [-0.1, -0.05) is 24.3 Å². The molecule has 2 aliphatic heterocycles. The smallest absolute Gasteiger partial charge is 0.122 e. The highest BCUT2D eigenvalue weighted by Crippen LogP contribution is 2.35. The summed E-state index contributed by atoms with van der Waals surface area (Å²) in [4.78, 5) is 5.00. The highest BCUT2D eigenvalue weighted by atomic mass is 16.5. The Morgan fingerprint density at radius 1 is 0.714 bits per heavy atom. The summed E-state index contributed by atoms with van der Waals surface area (Å²) in [6.07, 6.45) is 4.80. The topological polar surface area (TPSA) is 54.4 Å². The molecule has 0 saturated carbocycles. The first-order chi connectivity index (χ1) is 17.2. The molecule has 0 atom stereocenters. The number of benzene rings is 2. The number of hydrogen-bond acceptors (Lipinski definition) is 6. The minimum absolute atomic E-state index is 0.737. The molecule has 0 radical (unpaired) electrons. The molecule has 0 aromatic heterocycles. The van der Waals surface area contributed by atoms with Crippen LogP contribution in [-0.4, -0.2) is 87.7 Å². The van der Waals surface area contributed by atoms with Crippen LogP contribution in [0.3, 0.4) is 0 Å². The number of rotatable bonds is 11. The average Bonchev–Trinajstić information content (AvgIpc) is 3.42. The summed E-state index contributed by atoms with van der Waals surface area (Å²) in [5, 5.41) is 7.00. The average molecular weight is 485 g/mol. The van der Waals surface area contributed by atoms with Crippen LogP contribution in [0.2, 0.25) is 0 Å². The van der Waals surface area contributed by atoms with E-state index in [4.69, 9.17) is 19.3 Å². The molecule has 0 bridgehead atoms. The molecule has 1 N–H and O–H groups in total. The van der Waals surface area contributed by atoms with Gasteiger partial charge in [-0.05, 0) is 87.0 Å².